The number of aryl methyl sites for hydroxylation is 5. The molecular formula is C68H72. The summed E-state index contributed by atoms with van der Waals surface area (Å²) in [6.07, 6.45) is 35.6. The van der Waals surface area contributed by atoms with Crippen molar-refractivity contribution in [2.45, 2.75) is 112 Å². The first-order valence-electron chi connectivity index (χ1n) is 25.7. The first-order chi connectivity index (χ1) is 33.0. The molecule has 7 aliphatic carbocycles. The van der Waals surface area contributed by atoms with E-state index in [1.807, 2.05) is 24.3 Å². The van der Waals surface area contributed by atoms with Gasteiger partial charge in [0.15, 0.2) is 0 Å². The molecule has 68 heavy (non-hydrogen) atoms. The summed E-state index contributed by atoms with van der Waals surface area (Å²) >= 11 is 0. The molecule has 0 saturated heterocycles. The average Bonchev–Trinajstić information content (AvgIpc) is 3.91. The summed E-state index contributed by atoms with van der Waals surface area (Å²) in [5.74, 6) is 2.38. The SMILES string of the molecule is C=C/C(=C\C)C1=CCC2C(=C1)C1=C(CCC(C)=C1)C2CC.Cc1ccc(C2=C(C3CC3)CCC=C2)c(C)c1.Cc1ccc2c(c1)C1(C=CC=C1)c1cc(C)c3ccccc3c1-2.Cc1ccccc1. The number of benzene rings is 5. The highest BCUT2D eigenvalue weighted by atomic mass is 14.4. The summed E-state index contributed by atoms with van der Waals surface area (Å²) in [6.45, 7) is 21.6. The molecule has 12 rings (SSSR count). The molecule has 2 atom stereocenters. The lowest BCUT2D eigenvalue weighted by atomic mass is 9.78. The average molecular weight is 889 g/mol. The van der Waals surface area contributed by atoms with E-state index in [0.29, 0.717) is 5.92 Å². The molecule has 7 aliphatic rings. The first kappa shape index (κ1) is 46.9. The lowest BCUT2D eigenvalue weighted by molar-refractivity contribution is 0.438. The van der Waals surface area contributed by atoms with Crippen molar-refractivity contribution < 1.29 is 0 Å². The Morgan fingerprint density at radius 2 is 1.38 bits per heavy atom. The molecule has 1 saturated carbocycles. The van der Waals surface area contributed by atoms with E-state index >= 15 is 0 Å². The van der Waals surface area contributed by atoms with Gasteiger partial charge in [0.2, 0.25) is 0 Å². The maximum atomic E-state index is 3.95. The van der Waals surface area contributed by atoms with Gasteiger partial charge in [-0.15, -0.1) is 0 Å². The van der Waals surface area contributed by atoms with E-state index in [0.717, 1.165) is 11.8 Å². The molecular weight excluding hydrogens is 817 g/mol. The van der Waals surface area contributed by atoms with Crippen molar-refractivity contribution in [2.75, 3.05) is 0 Å². The Kier molecular flexibility index (Phi) is 13.9. The lowest BCUT2D eigenvalue weighted by Crippen LogP contribution is -2.17. The molecule has 0 N–H and O–H groups in total. The second-order valence-corrected chi connectivity index (χ2v) is 20.4. The molecule has 0 aliphatic heterocycles. The van der Waals surface area contributed by atoms with Crippen LogP contribution in [0, 0.1) is 52.4 Å². The molecule has 0 bridgehead atoms. The molecule has 1 spiro atoms. The zero-order valence-corrected chi connectivity index (χ0v) is 42.2. The van der Waals surface area contributed by atoms with Crippen LogP contribution in [-0.2, 0) is 5.41 Å². The van der Waals surface area contributed by atoms with E-state index in [4.69, 9.17) is 0 Å². The molecule has 0 nitrogen and oxygen atoms in total. The Bertz CT molecular complexity index is 3030. The highest BCUT2D eigenvalue weighted by Gasteiger charge is 2.42. The van der Waals surface area contributed by atoms with Crippen LogP contribution in [0.15, 0.2) is 209 Å². The third kappa shape index (κ3) is 9.20. The zero-order chi connectivity index (χ0) is 47.5. The number of rotatable bonds is 5. The molecule has 5 aromatic carbocycles. The first-order valence-corrected chi connectivity index (χ1v) is 25.7. The van der Waals surface area contributed by atoms with E-state index in [1.165, 1.54) is 140 Å². The zero-order valence-electron chi connectivity index (χ0n) is 42.2. The monoisotopic (exact) mass is 889 g/mol. The molecule has 0 radical (unpaired) electrons. The number of hydrogen-bond donors (Lipinski definition) is 0. The Morgan fingerprint density at radius 3 is 2.04 bits per heavy atom. The molecule has 1 fully saturated rings. The second-order valence-electron chi connectivity index (χ2n) is 20.4. The quantitative estimate of drug-likeness (QED) is 0.154. The third-order valence-corrected chi connectivity index (χ3v) is 15.7. The molecule has 0 heteroatoms. The van der Waals surface area contributed by atoms with Gasteiger partial charge in [0.25, 0.3) is 0 Å². The normalized spacial score (nSPS) is 20.2. The number of allylic oxidation sites excluding steroid dienone is 19. The van der Waals surface area contributed by atoms with Crippen molar-refractivity contribution in [1.29, 1.82) is 0 Å². The summed E-state index contributed by atoms with van der Waals surface area (Å²) in [5, 5.41) is 2.74. The van der Waals surface area contributed by atoms with E-state index in [2.05, 4.69) is 202 Å². The van der Waals surface area contributed by atoms with Gasteiger partial charge in [0.05, 0.1) is 5.41 Å². The predicted molar refractivity (Wildman–Crippen MR) is 295 cm³/mol. The molecule has 2 unspecified atom stereocenters. The van der Waals surface area contributed by atoms with Crippen LogP contribution in [0.2, 0.25) is 0 Å². The van der Waals surface area contributed by atoms with E-state index in [-0.39, 0.29) is 5.41 Å². The Labute approximate surface area is 409 Å². The van der Waals surface area contributed by atoms with Crippen LogP contribution in [0.5, 0.6) is 0 Å². The summed E-state index contributed by atoms with van der Waals surface area (Å²) in [6, 6.07) is 35.2. The summed E-state index contributed by atoms with van der Waals surface area (Å²) in [4.78, 5) is 0. The van der Waals surface area contributed by atoms with Gasteiger partial charge >= 0.3 is 0 Å². The van der Waals surface area contributed by atoms with Gasteiger partial charge in [-0.25, -0.2) is 0 Å². The maximum Gasteiger partial charge on any atom is 0.0581 e. The molecule has 0 heterocycles. The summed E-state index contributed by atoms with van der Waals surface area (Å²) < 4.78 is 0. The van der Waals surface area contributed by atoms with Crippen LogP contribution >= 0.6 is 0 Å². The Hall–Kier alpha value is -6.24. The van der Waals surface area contributed by atoms with Crippen LogP contribution in [0.3, 0.4) is 0 Å². The minimum Gasteiger partial charge on any atom is -0.0985 e. The fourth-order valence-corrected chi connectivity index (χ4v) is 12.1. The minimum atomic E-state index is -0.0779. The van der Waals surface area contributed by atoms with Crippen molar-refractivity contribution in [3.8, 4) is 11.1 Å². The Balaban J connectivity index is 0.000000120. The van der Waals surface area contributed by atoms with Gasteiger partial charge in [-0.2, -0.15) is 0 Å². The predicted octanol–water partition coefficient (Wildman–Crippen LogP) is 18.7. The van der Waals surface area contributed by atoms with Crippen LogP contribution in [0.25, 0.3) is 27.5 Å². The van der Waals surface area contributed by atoms with Crippen LogP contribution in [-0.4, -0.2) is 0 Å². The highest BCUT2D eigenvalue weighted by Crippen LogP contribution is 2.55. The van der Waals surface area contributed by atoms with Crippen molar-refractivity contribution in [3.05, 3.63) is 254 Å². The molecule has 5 aromatic rings. The molecule has 0 aromatic heterocycles. The molecule has 0 amide bonds. The fraction of sp³-hybridized carbons (Fsp3) is 0.294. The van der Waals surface area contributed by atoms with Crippen molar-refractivity contribution in [1.82, 2.24) is 0 Å². The van der Waals surface area contributed by atoms with Gasteiger partial charge in [-0.1, -0.05) is 211 Å². The van der Waals surface area contributed by atoms with Gasteiger partial charge in [-0.3, -0.25) is 0 Å². The lowest BCUT2D eigenvalue weighted by Gasteiger charge is -2.24. The summed E-state index contributed by atoms with van der Waals surface area (Å²) in [7, 11) is 0. The van der Waals surface area contributed by atoms with Gasteiger partial charge in [0, 0.05) is 0 Å². The Morgan fingerprint density at radius 1 is 0.676 bits per heavy atom. The van der Waals surface area contributed by atoms with Crippen LogP contribution in [0.4, 0.5) is 0 Å². The smallest absolute Gasteiger partial charge is 0.0581 e. The topological polar surface area (TPSA) is 0 Å². The van der Waals surface area contributed by atoms with Gasteiger partial charge < -0.3 is 0 Å². The van der Waals surface area contributed by atoms with E-state index in [9.17, 15) is 0 Å². The highest BCUT2D eigenvalue weighted by molar-refractivity contribution is 6.05. The number of hydrogen-bond acceptors (Lipinski definition) is 0. The van der Waals surface area contributed by atoms with E-state index in [1.54, 1.807) is 22.3 Å². The van der Waals surface area contributed by atoms with Crippen molar-refractivity contribution in [2.24, 2.45) is 17.8 Å². The second kappa shape index (κ2) is 20.2. The largest absolute Gasteiger partial charge is 0.0985 e. The standard InChI is InChI=1S/C23H18.C21H26.C17H20.C7H8/c1-15-9-10-19-20(13-15)23(11-5-6-12-23)21-14-16(2)17-7-3-4-8-18(17)22(19)21;1-5-15(6-2)16-9-11-19-17(7-3)18-10-8-14(4)12-20(18)21(19)13-16;1-12-7-10-15(13(2)11-12)17-6-4-3-5-16(17)14-8-9-14;1-7-5-3-2-4-6-7/h3-14H,1-2H3;5-6,9,12-13,17,19H,1,7-8,10-11H2,2-4H3;4,6-7,10-11,14H,3,5,8-9H2,1-2H3;2-6H,1H3/b;15-6+;;. The van der Waals surface area contributed by atoms with Crippen LogP contribution in [0.1, 0.15) is 117 Å². The summed E-state index contributed by atoms with van der Waals surface area (Å²) in [5.41, 5.74) is 26.1. The van der Waals surface area contributed by atoms with E-state index < -0.39 is 0 Å². The molecule has 344 valence electrons. The van der Waals surface area contributed by atoms with Gasteiger partial charge in [0.1, 0.15) is 0 Å². The minimum absolute atomic E-state index is 0.0779. The van der Waals surface area contributed by atoms with Crippen molar-refractivity contribution in [3.63, 3.8) is 0 Å². The van der Waals surface area contributed by atoms with Gasteiger partial charge in [-0.05, 0) is 195 Å². The maximum absolute atomic E-state index is 3.95. The number of fused-ring (bicyclic) bond motifs is 9. The third-order valence-electron chi connectivity index (χ3n) is 15.7. The van der Waals surface area contributed by atoms with Crippen LogP contribution < -0.4 is 0 Å². The van der Waals surface area contributed by atoms with Crippen molar-refractivity contribution >= 4 is 16.3 Å². The fourth-order valence-electron chi connectivity index (χ4n) is 12.1.